The number of nitrogens with one attached hydrogen (secondary N) is 1. The summed E-state index contributed by atoms with van der Waals surface area (Å²) in [6, 6.07) is 5.16. The molecular formula is C26H28ClF2N5O6. The van der Waals surface area contributed by atoms with Crippen molar-refractivity contribution in [1.29, 1.82) is 0 Å². The fourth-order valence-corrected chi connectivity index (χ4v) is 4.71. The Balaban J connectivity index is 1.31. The third-order valence-corrected chi connectivity index (χ3v) is 6.82. The van der Waals surface area contributed by atoms with Crippen LogP contribution in [0.3, 0.4) is 0 Å². The number of carbonyl (C=O) groups is 4. The van der Waals surface area contributed by atoms with E-state index < -0.39 is 35.7 Å². The predicted molar refractivity (Wildman–Crippen MR) is 140 cm³/mol. The lowest BCUT2D eigenvalue weighted by molar-refractivity contribution is -0.143. The van der Waals surface area contributed by atoms with Gasteiger partial charge in [0.1, 0.15) is 16.9 Å². The average Bonchev–Trinajstić information content (AvgIpc) is 3.31. The van der Waals surface area contributed by atoms with Gasteiger partial charge in [-0.1, -0.05) is 11.6 Å². The van der Waals surface area contributed by atoms with Gasteiger partial charge in [0.05, 0.1) is 30.9 Å². The van der Waals surface area contributed by atoms with Gasteiger partial charge in [-0.05, 0) is 25.5 Å². The number of pyridine rings is 1. The molecule has 0 saturated carbocycles. The van der Waals surface area contributed by atoms with E-state index in [0.29, 0.717) is 0 Å². The summed E-state index contributed by atoms with van der Waals surface area (Å²) >= 11 is 5.90. The van der Waals surface area contributed by atoms with E-state index in [-0.39, 0.29) is 86.7 Å². The highest BCUT2D eigenvalue weighted by Crippen LogP contribution is 2.32. The number of esters is 1. The molecule has 0 aliphatic carbocycles. The molecule has 0 spiro atoms. The van der Waals surface area contributed by atoms with Crippen LogP contribution in [0.15, 0.2) is 30.5 Å². The van der Waals surface area contributed by atoms with Crippen molar-refractivity contribution in [3.05, 3.63) is 52.8 Å². The summed E-state index contributed by atoms with van der Waals surface area (Å²) in [4.78, 5) is 56.6. The monoisotopic (exact) mass is 579 g/mol. The number of piperazine rings is 1. The summed E-state index contributed by atoms with van der Waals surface area (Å²) in [5.74, 6) is -3.04. The van der Waals surface area contributed by atoms with Crippen LogP contribution in [-0.4, -0.2) is 85.7 Å². The number of amides is 3. The second-order valence-corrected chi connectivity index (χ2v) is 9.47. The minimum absolute atomic E-state index is 0.000611. The molecule has 1 N–H and O–H groups in total. The number of hydrogen-bond acceptors (Lipinski definition) is 8. The fourth-order valence-electron chi connectivity index (χ4n) is 4.50. The first kappa shape index (κ1) is 29.0. The minimum Gasteiger partial charge on any atom is -0.466 e. The summed E-state index contributed by atoms with van der Waals surface area (Å²) < 4.78 is 40.3. The number of carbonyl (C=O) groups excluding carboxylic acids is 4. The van der Waals surface area contributed by atoms with Crippen LogP contribution in [0.5, 0.6) is 0 Å². The molecule has 1 atom stereocenters. The molecule has 3 amide bonds. The van der Waals surface area contributed by atoms with E-state index in [2.05, 4.69) is 10.3 Å². The highest BCUT2D eigenvalue weighted by Gasteiger charge is 2.34. The van der Waals surface area contributed by atoms with E-state index in [9.17, 15) is 19.2 Å². The molecule has 2 aliphatic rings. The summed E-state index contributed by atoms with van der Waals surface area (Å²) in [6.45, 7) is 2.38. The van der Waals surface area contributed by atoms with Crippen LogP contribution in [0.2, 0.25) is 5.15 Å². The number of rotatable bonds is 9. The third kappa shape index (κ3) is 6.76. The van der Waals surface area contributed by atoms with Crippen molar-refractivity contribution < 1.29 is 37.4 Å². The summed E-state index contributed by atoms with van der Waals surface area (Å²) in [5, 5.41) is 2.52. The Bertz CT molecular complexity index is 1270. The molecule has 0 unspecified atom stereocenters. The molecule has 1 aromatic carbocycles. The van der Waals surface area contributed by atoms with Crippen molar-refractivity contribution in [1.82, 2.24) is 15.2 Å². The van der Waals surface area contributed by atoms with Gasteiger partial charge in [0, 0.05) is 50.9 Å². The van der Waals surface area contributed by atoms with Gasteiger partial charge in [-0.25, -0.2) is 18.6 Å². The molecule has 0 bridgehead atoms. The molecule has 3 heterocycles. The zero-order chi connectivity index (χ0) is 28.8. The zero-order valence-electron chi connectivity index (χ0n) is 21.7. The van der Waals surface area contributed by atoms with Crippen LogP contribution in [0, 0.1) is 11.6 Å². The van der Waals surface area contributed by atoms with Gasteiger partial charge in [-0.15, -0.1) is 0 Å². The maximum Gasteiger partial charge on any atom is 0.414 e. The number of nitrogens with zero attached hydrogens (tertiary/aromatic N) is 4. The normalized spacial score (nSPS) is 17.1. The van der Waals surface area contributed by atoms with E-state index in [1.165, 1.54) is 22.1 Å². The molecule has 4 rings (SSSR count). The van der Waals surface area contributed by atoms with Crippen LogP contribution in [0.25, 0.3) is 0 Å². The minimum atomic E-state index is -0.863. The number of cyclic esters (lactones) is 1. The number of benzene rings is 1. The van der Waals surface area contributed by atoms with Crippen LogP contribution < -0.4 is 15.1 Å². The van der Waals surface area contributed by atoms with E-state index in [1.54, 1.807) is 13.0 Å². The maximum absolute atomic E-state index is 15.1. The average molecular weight is 580 g/mol. The second-order valence-electron chi connectivity index (χ2n) is 9.11. The largest absolute Gasteiger partial charge is 0.466 e. The van der Waals surface area contributed by atoms with Gasteiger partial charge < -0.3 is 24.6 Å². The summed E-state index contributed by atoms with van der Waals surface area (Å²) in [5.41, 5.74) is -0.118. The standard InChI is InChI=1S/C26H28ClF2N5O6/c1-2-39-22(36)6-5-17-15-34(26(38)40-17)16-12-19(28)23(20(29)13-16)33-10-8-32(9-11-33)21(35)14-31-25(37)18-4-3-7-30-24(18)27/h3-4,7,12-13,17H,2,5-6,8-11,14-15H2,1H3,(H,31,37)/t17-/m0/s1. The van der Waals surface area contributed by atoms with Crippen molar-refractivity contribution in [3.63, 3.8) is 0 Å². The quantitative estimate of drug-likeness (QED) is 0.356. The highest BCUT2D eigenvalue weighted by atomic mass is 35.5. The van der Waals surface area contributed by atoms with Gasteiger partial charge in [0.15, 0.2) is 11.6 Å². The van der Waals surface area contributed by atoms with Crippen LogP contribution in [0.1, 0.15) is 30.1 Å². The molecule has 40 heavy (non-hydrogen) atoms. The van der Waals surface area contributed by atoms with Crippen molar-refractivity contribution in [2.75, 3.05) is 55.7 Å². The van der Waals surface area contributed by atoms with Crippen LogP contribution in [-0.2, 0) is 19.1 Å². The van der Waals surface area contributed by atoms with Crippen molar-refractivity contribution >= 4 is 46.9 Å². The molecule has 11 nitrogen and oxygen atoms in total. The van der Waals surface area contributed by atoms with Gasteiger partial charge in [-0.3, -0.25) is 19.3 Å². The van der Waals surface area contributed by atoms with Crippen LogP contribution in [0.4, 0.5) is 25.0 Å². The van der Waals surface area contributed by atoms with E-state index in [0.717, 1.165) is 17.0 Å². The van der Waals surface area contributed by atoms with Crippen molar-refractivity contribution in [2.45, 2.75) is 25.9 Å². The predicted octanol–water partition coefficient (Wildman–Crippen LogP) is 2.76. The molecule has 1 aromatic heterocycles. The van der Waals surface area contributed by atoms with E-state index in [4.69, 9.17) is 21.1 Å². The van der Waals surface area contributed by atoms with Gasteiger partial charge in [-0.2, -0.15) is 0 Å². The lowest BCUT2D eigenvalue weighted by atomic mass is 10.1. The Morgan fingerprint density at radius 1 is 1.18 bits per heavy atom. The smallest absolute Gasteiger partial charge is 0.414 e. The highest BCUT2D eigenvalue weighted by molar-refractivity contribution is 6.32. The van der Waals surface area contributed by atoms with Gasteiger partial charge in [0.25, 0.3) is 5.91 Å². The first-order valence-electron chi connectivity index (χ1n) is 12.7. The lowest BCUT2D eigenvalue weighted by Gasteiger charge is -2.36. The first-order valence-corrected chi connectivity index (χ1v) is 13.1. The lowest BCUT2D eigenvalue weighted by Crippen LogP contribution is -2.51. The fraction of sp³-hybridized carbons (Fsp3) is 0.423. The molecule has 2 saturated heterocycles. The van der Waals surface area contributed by atoms with E-state index >= 15 is 8.78 Å². The molecule has 2 aromatic rings. The molecular weight excluding hydrogens is 552 g/mol. The Morgan fingerprint density at radius 2 is 1.88 bits per heavy atom. The number of anilines is 2. The number of halogens is 3. The zero-order valence-corrected chi connectivity index (χ0v) is 22.5. The molecule has 14 heteroatoms. The third-order valence-electron chi connectivity index (χ3n) is 6.52. The first-order chi connectivity index (χ1) is 19.2. The van der Waals surface area contributed by atoms with Crippen LogP contribution >= 0.6 is 11.6 Å². The Labute approximate surface area is 234 Å². The molecule has 0 radical (unpaired) electrons. The van der Waals surface area contributed by atoms with Crippen molar-refractivity contribution in [3.8, 4) is 0 Å². The second kappa shape index (κ2) is 12.9. The van der Waals surface area contributed by atoms with Gasteiger partial charge >= 0.3 is 12.1 Å². The Morgan fingerprint density at radius 3 is 2.52 bits per heavy atom. The topological polar surface area (TPSA) is 121 Å². The molecule has 2 fully saturated rings. The molecule has 214 valence electrons. The Hall–Kier alpha value is -4.00. The molecule has 2 aliphatic heterocycles. The number of hydrogen-bond donors (Lipinski definition) is 1. The van der Waals surface area contributed by atoms with E-state index in [1.807, 2.05) is 0 Å². The van der Waals surface area contributed by atoms with Crippen molar-refractivity contribution in [2.24, 2.45) is 0 Å². The summed E-state index contributed by atoms with van der Waals surface area (Å²) in [6.07, 6.45) is 0.356. The van der Waals surface area contributed by atoms with Gasteiger partial charge in [0.2, 0.25) is 5.91 Å². The SMILES string of the molecule is CCOC(=O)CC[C@H]1CN(c2cc(F)c(N3CCN(C(=O)CNC(=O)c4cccnc4Cl)CC3)c(F)c2)C(=O)O1. The Kier molecular flexibility index (Phi) is 9.35. The number of aromatic nitrogens is 1. The maximum atomic E-state index is 15.1. The summed E-state index contributed by atoms with van der Waals surface area (Å²) in [7, 11) is 0. The number of ether oxygens (including phenoxy) is 2.